The Morgan fingerprint density at radius 1 is 0.641 bits per heavy atom. The van der Waals surface area contributed by atoms with Gasteiger partial charge in [0, 0.05) is 0 Å². The fourth-order valence-electron chi connectivity index (χ4n) is 6.05. The van der Waals surface area contributed by atoms with E-state index in [2.05, 4.69) is 130 Å². The number of hydrogen-bond acceptors (Lipinski definition) is 1. The zero-order valence-electron chi connectivity index (χ0n) is 24.5. The normalized spacial score (nSPS) is 12.1. The molecule has 3 aromatic carbocycles. The Kier molecular flexibility index (Phi) is 10.9. The molecule has 0 N–H and O–H groups in total. The molecule has 0 aliphatic rings. The van der Waals surface area contributed by atoms with Crippen molar-refractivity contribution in [3.63, 3.8) is 0 Å². The zero-order chi connectivity index (χ0) is 27.6. The molecule has 0 saturated heterocycles. The maximum atomic E-state index is 5.22. The van der Waals surface area contributed by atoms with Gasteiger partial charge in [0.2, 0.25) is 0 Å². The molecule has 0 spiro atoms. The van der Waals surface area contributed by atoms with Crippen molar-refractivity contribution < 1.29 is 0 Å². The number of hydrogen-bond donors (Lipinski definition) is 0. The van der Waals surface area contributed by atoms with Gasteiger partial charge < -0.3 is 0 Å². The predicted octanol–water partition coefficient (Wildman–Crippen LogP) is 9.09. The fraction of sp³-hybridized carbons (Fsp3) is 0.417. The number of unbranched alkanes of at least 4 members (excludes halogenated alkanes) is 3. The summed E-state index contributed by atoms with van der Waals surface area (Å²) in [6.45, 7) is 9.21. The monoisotopic (exact) mass is 626 g/mol. The third-order valence-electron chi connectivity index (χ3n) is 8.24. The van der Waals surface area contributed by atoms with E-state index in [4.69, 9.17) is 4.98 Å². The number of rotatable bonds is 15. The van der Waals surface area contributed by atoms with Gasteiger partial charge in [0.25, 0.3) is 0 Å². The van der Waals surface area contributed by atoms with E-state index in [1.807, 2.05) is 0 Å². The van der Waals surface area contributed by atoms with Crippen molar-refractivity contribution in [1.29, 1.82) is 0 Å². The molecule has 1 aromatic heterocycles. The number of nitrogens with zero attached hydrogens (tertiary/aromatic N) is 2. The van der Waals surface area contributed by atoms with Crippen LogP contribution in [0, 0.1) is 6.92 Å². The van der Waals surface area contributed by atoms with Crippen LogP contribution < -0.4 is 3.71 Å². The second-order valence-corrected chi connectivity index (χ2v) is 16.4. The molecule has 0 aliphatic heterocycles. The number of aryl methyl sites for hydroxylation is 1. The van der Waals surface area contributed by atoms with Crippen LogP contribution in [0.2, 0.25) is 3.43 Å². The van der Waals surface area contributed by atoms with Crippen molar-refractivity contribution in [3.8, 4) is 0 Å². The van der Waals surface area contributed by atoms with E-state index in [1.54, 1.807) is 0 Å². The van der Waals surface area contributed by atoms with Gasteiger partial charge in [-0.3, -0.25) is 0 Å². The minimum absolute atomic E-state index is 0.472. The Labute approximate surface area is 247 Å². The SMILES string of the molecule is CCCC[C](CCCC)(CCCC)[Sn][c]1cn(C(c2ccccc2)(c2ccccc2)c2ccc(C)cc2)cn1. The van der Waals surface area contributed by atoms with Gasteiger partial charge in [0.1, 0.15) is 0 Å². The molecule has 1 heterocycles. The van der Waals surface area contributed by atoms with Gasteiger partial charge in [-0.1, -0.05) is 0 Å². The van der Waals surface area contributed by atoms with E-state index < -0.39 is 26.7 Å². The molecule has 204 valence electrons. The number of aromatic nitrogens is 2. The van der Waals surface area contributed by atoms with Crippen molar-refractivity contribution in [2.75, 3.05) is 0 Å². The van der Waals surface area contributed by atoms with Crippen LogP contribution >= 0.6 is 0 Å². The van der Waals surface area contributed by atoms with E-state index in [0.717, 1.165) is 0 Å². The molecule has 0 aliphatic carbocycles. The summed E-state index contributed by atoms with van der Waals surface area (Å²) in [7, 11) is 0. The molecule has 2 nitrogen and oxygen atoms in total. The Morgan fingerprint density at radius 2 is 1.10 bits per heavy atom. The molecule has 39 heavy (non-hydrogen) atoms. The average Bonchev–Trinajstić information content (AvgIpc) is 3.44. The molecule has 0 unspecified atom stereocenters. The Bertz CT molecular complexity index is 1180. The van der Waals surface area contributed by atoms with E-state index in [1.165, 1.54) is 83.8 Å². The van der Waals surface area contributed by atoms with Gasteiger partial charge in [-0.25, -0.2) is 0 Å². The average molecular weight is 625 g/mol. The molecule has 0 bridgehead atoms. The molecule has 2 radical (unpaired) electrons. The Balaban J connectivity index is 1.86. The standard InChI is InChI=1S/C23H19N2.C13H27.Sn/c1-19-12-14-22(15-13-19)23(25-17-16-24-18-25,20-8-4-2-5-9-20)21-10-6-3-7-11-21;1-4-7-10-13(11-8-5-2)12-9-6-3;/h2-15,17-18H,1H3;4-12H2,1-3H3;. The summed E-state index contributed by atoms with van der Waals surface area (Å²) >= 11 is -0.948. The molecule has 0 saturated carbocycles. The number of imidazole rings is 1. The second-order valence-electron chi connectivity index (χ2n) is 11.2. The first kappa shape index (κ1) is 29.6. The Hall–Kier alpha value is -2.33. The van der Waals surface area contributed by atoms with E-state index in [9.17, 15) is 0 Å². The van der Waals surface area contributed by atoms with Crippen LogP contribution in [0.5, 0.6) is 0 Å². The van der Waals surface area contributed by atoms with Gasteiger partial charge >= 0.3 is 249 Å². The fourth-order valence-corrected chi connectivity index (χ4v) is 11.1. The summed E-state index contributed by atoms with van der Waals surface area (Å²) in [5, 5.41) is 0. The number of benzene rings is 3. The molecular formula is C36H46N2Sn. The minimum atomic E-state index is -0.948. The van der Waals surface area contributed by atoms with Gasteiger partial charge in [-0.2, -0.15) is 0 Å². The summed E-state index contributed by atoms with van der Waals surface area (Å²) in [5.74, 6) is 0. The molecule has 0 atom stereocenters. The maximum absolute atomic E-state index is 5.22. The summed E-state index contributed by atoms with van der Waals surface area (Å²) in [6, 6.07) is 31.1. The molecule has 4 rings (SSSR count). The van der Waals surface area contributed by atoms with Gasteiger partial charge in [-0.15, -0.1) is 0 Å². The van der Waals surface area contributed by atoms with Crippen LogP contribution in [0.15, 0.2) is 97.5 Å². The third-order valence-corrected chi connectivity index (χ3v) is 13.4. The van der Waals surface area contributed by atoms with Crippen LogP contribution in [-0.2, 0) is 5.54 Å². The summed E-state index contributed by atoms with van der Waals surface area (Å²) in [4.78, 5) is 5.22. The van der Waals surface area contributed by atoms with Crippen molar-refractivity contribution in [2.45, 2.75) is 94.5 Å². The van der Waals surface area contributed by atoms with Crippen LogP contribution in [0.1, 0.15) is 101 Å². The summed E-state index contributed by atoms with van der Waals surface area (Å²) in [5.41, 5.74) is 4.61. The second kappa shape index (κ2) is 14.3. The topological polar surface area (TPSA) is 17.8 Å². The van der Waals surface area contributed by atoms with E-state index in [-0.39, 0.29) is 0 Å². The molecular weight excluding hydrogens is 579 g/mol. The molecule has 0 amide bonds. The van der Waals surface area contributed by atoms with Crippen molar-refractivity contribution in [2.24, 2.45) is 0 Å². The zero-order valence-corrected chi connectivity index (χ0v) is 27.4. The van der Waals surface area contributed by atoms with E-state index >= 15 is 0 Å². The molecule has 3 heteroatoms. The van der Waals surface area contributed by atoms with Crippen molar-refractivity contribution in [1.82, 2.24) is 9.55 Å². The van der Waals surface area contributed by atoms with Crippen molar-refractivity contribution >= 4 is 24.9 Å². The first-order valence-corrected chi connectivity index (χ1v) is 17.9. The van der Waals surface area contributed by atoms with Crippen LogP contribution in [0.3, 0.4) is 0 Å². The van der Waals surface area contributed by atoms with Gasteiger partial charge in [0.05, 0.1) is 0 Å². The first-order chi connectivity index (χ1) is 19.1. The molecule has 4 aromatic rings. The molecule has 0 fully saturated rings. The van der Waals surface area contributed by atoms with E-state index in [0.29, 0.717) is 3.43 Å². The summed E-state index contributed by atoms with van der Waals surface area (Å²) < 4.78 is 4.34. The Morgan fingerprint density at radius 3 is 1.56 bits per heavy atom. The van der Waals surface area contributed by atoms with Crippen LogP contribution in [-0.4, -0.2) is 30.7 Å². The summed E-state index contributed by atoms with van der Waals surface area (Å²) in [6.07, 6.45) is 16.6. The quantitative estimate of drug-likeness (QED) is 0.0952. The predicted molar refractivity (Wildman–Crippen MR) is 168 cm³/mol. The van der Waals surface area contributed by atoms with Gasteiger partial charge in [-0.05, 0) is 0 Å². The van der Waals surface area contributed by atoms with Gasteiger partial charge in [0.15, 0.2) is 0 Å². The first-order valence-electron chi connectivity index (χ1n) is 15.1. The van der Waals surface area contributed by atoms with Crippen molar-refractivity contribution in [3.05, 3.63) is 120 Å². The third kappa shape index (κ3) is 6.88. The van der Waals surface area contributed by atoms with Crippen LogP contribution in [0.25, 0.3) is 0 Å². The van der Waals surface area contributed by atoms with Crippen LogP contribution in [0.4, 0.5) is 0 Å².